The Morgan fingerprint density at radius 2 is 1.65 bits per heavy atom. The lowest BCUT2D eigenvalue weighted by atomic mass is 10.00. The van der Waals surface area contributed by atoms with Gasteiger partial charge in [0.15, 0.2) is 0 Å². The molecule has 0 bridgehead atoms. The van der Waals surface area contributed by atoms with E-state index >= 15 is 0 Å². The molecular weight excluding hydrogens is 260 g/mol. The molecule has 2 rings (SSSR count). The van der Waals surface area contributed by atoms with Gasteiger partial charge in [-0.15, -0.1) is 0 Å². The number of phenols is 1. The highest BCUT2D eigenvalue weighted by molar-refractivity contribution is 5.91. The highest BCUT2D eigenvalue weighted by atomic mass is 16.4. The minimum atomic E-state index is -1.20. The van der Waals surface area contributed by atoms with Crippen LogP contribution in [0.2, 0.25) is 0 Å². The number of carbonyl (C=O) groups is 2. The fraction of sp³-hybridized carbons (Fsp3) is 0.0667. The van der Waals surface area contributed by atoms with Crippen molar-refractivity contribution in [3.8, 4) is 16.9 Å². The third-order valence-electron chi connectivity index (χ3n) is 2.84. The Balaban J connectivity index is 2.39. The van der Waals surface area contributed by atoms with Gasteiger partial charge in [-0.1, -0.05) is 30.3 Å². The molecule has 0 radical (unpaired) electrons. The number of carboxylic acid groups (broad SMARTS) is 2. The van der Waals surface area contributed by atoms with Crippen LogP contribution in [0.3, 0.4) is 0 Å². The van der Waals surface area contributed by atoms with Crippen molar-refractivity contribution in [2.45, 2.75) is 6.42 Å². The molecule has 0 saturated heterocycles. The van der Waals surface area contributed by atoms with Crippen LogP contribution in [0.25, 0.3) is 11.1 Å². The highest BCUT2D eigenvalue weighted by Gasteiger charge is 2.11. The molecule has 0 aliphatic heterocycles. The number of rotatable bonds is 4. The van der Waals surface area contributed by atoms with E-state index in [-0.39, 0.29) is 17.7 Å². The van der Waals surface area contributed by atoms with Gasteiger partial charge >= 0.3 is 11.9 Å². The van der Waals surface area contributed by atoms with Crippen molar-refractivity contribution < 1.29 is 24.9 Å². The summed E-state index contributed by atoms with van der Waals surface area (Å²) >= 11 is 0. The lowest BCUT2D eigenvalue weighted by Gasteiger charge is -2.06. The van der Waals surface area contributed by atoms with Crippen LogP contribution < -0.4 is 0 Å². The molecule has 0 unspecified atom stereocenters. The normalized spacial score (nSPS) is 10.2. The summed E-state index contributed by atoms with van der Waals surface area (Å²) in [6.07, 6.45) is -0.0902. The second-order valence-corrected chi connectivity index (χ2v) is 4.31. The van der Waals surface area contributed by atoms with Crippen LogP contribution in [0.15, 0.2) is 42.5 Å². The first-order valence-electron chi connectivity index (χ1n) is 5.85. The Morgan fingerprint density at radius 3 is 2.25 bits per heavy atom. The quantitative estimate of drug-likeness (QED) is 0.794. The second kappa shape index (κ2) is 5.44. The summed E-state index contributed by atoms with van der Waals surface area (Å²) in [7, 11) is 0. The van der Waals surface area contributed by atoms with Gasteiger partial charge in [-0.3, -0.25) is 4.79 Å². The summed E-state index contributed by atoms with van der Waals surface area (Å²) in [4.78, 5) is 21.5. The number of carboxylic acids is 2. The van der Waals surface area contributed by atoms with Crippen LogP contribution >= 0.6 is 0 Å². The average Bonchev–Trinajstić information content (AvgIpc) is 2.37. The molecule has 102 valence electrons. The van der Waals surface area contributed by atoms with Crippen LogP contribution in [-0.2, 0) is 11.2 Å². The summed E-state index contributed by atoms with van der Waals surface area (Å²) < 4.78 is 0. The number of aromatic hydroxyl groups is 1. The number of hydrogen-bond acceptors (Lipinski definition) is 3. The second-order valence-electron chi connectivity index (χ2n) is 4.31. The van der Waals surface area contributed by atoms with Crippen molar-refractivity contribution in [1.82, 2.24) is 0 Å². The fourth-order valence-electron chi connectivity index (χ4n) is 1.93. The summed E-state index contributed by atoms with van der Waals surface area (Å²) in [5.41, 5.74) is 1.81. The zero-order chi connectivity index (χ0) is 14.7. The molecule has 2 aromatic carbocycles. The minimum absolute atomic E-state index is 0.0902. The van der Waals surface area contributed by atoms with Crippen molar-refractivity contribution in [3.05, 3.63) is 53.6 Å². The Kier molecular flexibility index (Phi) is 3.70. The van der Waals surface area contributed by atoms with E-state index in [1.54, 1.807) is 30.3 Å². The van der Waals surface area contributed by atoms with E-state index in [1.165, 1.54) is 12.1 Å². The first-order chi connectivity index (χ1) is 9.47. The maximum Gasteiger partial charge on any atom is 0.339 e. The van der Waals surface area contributed by atoms with E-state index in [0.29, 0.717) is 11.1 Å². The molecule has 0 aliphatic rings. The number of hydrogen-bond donors (Lipinski definition) is 3. The van der Waals surface area contributed by atoms with Gasteiger partial charge in [0.25, 0.3) is 0 Å². The first-order valence-corrected chi connectivity index (χ1v) is 5.85. The third kappa shape index (κ3) is 2.95. The summed E-state index contributed by atoms with van der Waals surface area (Å²) in [6, 6.07) is 11.1. The maximum atomic E-state index is 10.8. The molecule has 0 fully saturated rings. The van der Waals surface area contributed by atoms with Gasteiger partial charge in [-0.2, -0.15) is 0 Å². The topological polar surface area (TPSA) is 94.8 Å². The van der Waals surface area contributed by atoms with Crippen LogP contribution in [0.5, 0.6) is 5.75 Å². The minimum Gasteiger partial charge on any atom is -0.507 e. The SMILES string of the molecule is O=C(O)Cc1cccc(-c2ccc(C(=O)O)c(O)c2)c1. The van der Waals surface area contributed by atoms with Crippen LogP contribution in [0.4, 0.5) is 0 Å². The van der Waals surface area contributed by atoms with Crippen LogP contribution in [0, 0.1) is 0 Å². The Hall–Kier alpha value is -2.82. The first kappa shape index (κ1) is 13.6. The van der Waals surface area contributed by atoms with Crippen molar-refractivity contribution in [3.63, 3.8) is 0 Å². The van der Waals surface area contributed by atoms with Gasteiger partial charge < -0.3 is 15.3 Å². The van der Waals surface area contributed by atoms with Gasteiger partial charge in [-0.05, 0) is 28.8 Å². The third-order valence-corrected chi connectivity index (χ3v) is 2.84. The van der Waals surface area contributed by atoms with E-state index in [4.69, 9.17) is 10.2 Å². The highest BCUT2D eigenvalue weighted by Crippen LogP contribution is 2.27. The molecule has 0 heterocycles. The van der Waals surface area contributed by atoms with E-state index in [9.17, 15) is 14.7 Å². The molecule has 20 heavy (non-hydrogen) atoms. The zero-order valence-corrected chi connectivity index (χ0v) is 10.4. The Bertz CT molecular complexity index is 676. The molecular formula is C15H12O5. The molecule has 0 spiro atoms. The monoisotopic (exact) mass is 272 g/mol. The predicted molar refractivity (Wildman–Crippen MR) is 71.8 cm³/mol. The molecule has 0 atom stereocenters. The Labute approximate surface area is 114 Å². The summed E-state index contributed by atoms with van der Waals surface area (Å²) in [5, 5.41) is 27.3. The lowest BCUT2D eigenvalue weighted by Crippen LogP contribution is -2.00. The number of aliphatic carboxylic acids is 1. The van der Waals surface area contributed by atoms with Crippen molar-refractivity contribution in [1.29, 1.82) is 0 Å². The molecule has 0 saturated carbocycles. The summed E-state index contributed by atoms with van der Waals surface area (Å²) in [5.74, 6) is -2.45. The Morgan fingerprint density at radius 1 is 0.950 bits per heavy atom. The number of aromatic carboxylic acids is 1. The molecule has 5 nitrogen and oxygen atoms in total. The largest absolute Gasteiger partial charge is 0.507 e. The smallest absolute Gasteiger partial charge is 0.339 e. The van der Waals surface area contributed by atoms with E-state index in [2.05, 4.69) is 0 Å². The molecule has 5 heteroatoms. The molecule has 0 amide bonds. The van der Waals surface area contributed by atoms with Crippen molar-refractivity contribution in [2.75, 3.05) is 0 Å². The van der Waals surface area contributed by atoms with Gasteiger partial charge in [0, 0.05) is 0 Å². The zero-order valence-electron chi connectivity index (χ0n) is 10.4. The van der Waals surface area contributed by atoms with Crippen molar-refractivity contribution in [2.24, 2.45) is 0 Å². The van der Waals surface area contributed by atoms with E-state index < -0.39 is 11.9 Å². The summed E-state index contributed by atoms with van der Waals surface area (Å²) in [6.45, 7) is 0. The number of benzene rings is 2. The van der Waals surface area contributed by atoms with Crippen LogP contribution in [0.1, 0.15) is 15.9 Å². The molecule has 3 N–H and O–H groups in total. The van der Waals surface area contributed by atoms with Gasteiger partial charge in [-0.25, -0.2) is 4.79 Å². The van der Waals surface area contributed by atoms with Gasteiger partial charge in [0.05, 0.1) is 6.42 Å². The van der Waals surface area contributed by atoms with Crippen LogP contribution in [-0.4, -0.2) is 27.3 Å². The standard InChI is InChI=1S/C15H12O5/c16-13-8-11(4-5-12(13)15(19)20)10-3-1-2-9(6-10)7-14(17)18/h1-6,8,16H,7H2,(H,17,18)(H,19,20). The molecule has 2 aromatic rings. The van der Waals surface area contributed by atoms with E-state index in [0.717, 1.165) is 5.56 Å². The molecule has 0 aromatic heterocycles. The average molecular weight is 272 g/mol. The maximum absolute atomic E-state index is 10.8. The lowest BCUT2D eigenvalue weighted by molar-refractivity contribution is -0.136. The van der Waals surface area contributed by atoms with Crippen molar-refractivity contribution >= 4 is 11.9 Å². The van der Waals surface area contributed by atoms with Gasteiger partial charge in [0.1, 0.15) is 11.3 Å². The molecule has 0 aliphatic carbocycles. The van der Waals surface area contributed by atoms with E-state index in [1.807, 2.05) is 0 Å². The predicted octanol–water partition coefficient (Wildman–Crippen LogP) is 2.38. The fourth-order valence-corrected chi connectivity index (χ4v) is 1.93. The van der Waals surface area contributed by atoms with Gasteiger partial charge in [0.2, 0.25) is 0 Å².